The summed E-state index contributed by atoms with van der Waals surface area (Å²) in [5.41, 5.74) is 3.27. The molecule has 0 saturated heterocycles. The quantitative estimate of drug-likeness (QED) is 0.365. The van der Waals surface area contributed by atoms with E-state index < -0.39 is 18.1 Å². The Morgan fingerprint density at radius 2 is 1.71 bits per heavy atom. The van der Waals surface area contributed by atoms with Gasteiger partial charge in [-0.1, -0.05) is 60.7 Å². The van der Waals surface area contributed by atoms with Crippen LogP contribution in [0.25, 0.3) is 10.6 Å². The molecule has 1 atom stereocenters. The Bertz CT molecular complexity index is 1220. The van der Waals surface area contributed by atoms with Crippen molar-refractivity contribution in [2.75, 3.05) is 0 Å². The van der Waals surface area contributed by atoms with Crippen LogP contribution in [0.4, 0.5) is 4.79 Å². The van der Waals surface area contributed by atoms with E-state index in [1.54, 1.807) is 10.9 Å². The number of hydrogen-bond donors (Lipinski definition) is 1. The number of amides is 1. The highest BCUT2D eigenvalue weighted by Gasteiger charge is 2.24. The van der Waals surface area contributed by atoms with Gasteiger partial charge >= 0.3 is 12.1 Å². The van der Waals surface area contributed by atoms with Crippen molar-refractivity contribution in [2.24, 2.45) is 7.05 Å². The van der Waals surface area contributed by atoms with Gasteiger partial charge in [0.05, 0.1) is 11.9 Å². The van der Waals surface area contributed by atoms with Crippen molar-refractivity contribution in [1.82, 2.24) is 20.1 Å². The summed E-state index contributed by atoms with van der Waals surface area (Å²) in [6.45, 7) is 0.108. The van der Waals surface area contributed by atoms with E-state index in [1.807, 2.05) is 79.3 Å². The summed E-state index contributed by atoms with van der Waals surface area (Å²) in [4.78, 5) is 29.8. The molecule has 1 N–H and O–H groups in total. The number of nitrogens with zero attached hydrogens (tertiary/aromatic N) is 3. The number of thiazole rings is 1. The number of nitrogens with one attached hydrogen (secondary N) is 1. The molecule has 0 saturated carbocycles. The van der Waals surface area contributed by atoms with Crippen molar-refractivity contribution in [3.63, 3.8) is 0 Å². The van der Waals surface area contributed by atoms with Gasteiger partial charge in [0, 0.05) is 30.6 Å². The fourth-order valence-corrected chi connectivity index (χ4v) is 4.01. The summed E-state index contributed by atoms with van der Waals surface area (Å²) in [5.74, 6) is -0.559. The molecule has 0 aliphatic heterocycles. The van der Waals surface area contributed by atoms with Gasteiger partial charge in [-0.25, -0.2) is 14.6 Å². The fourth-order valence-electron chi connectivity index (χ4n) is 3.23. The predicted molar refractivity (Wildman–Crippen MR) is 128 cm³/mol. The standard InChI is InChI=1S/C25H24N4O4S/c1-29-14-20(13-26-29)23-27-21(17-34-23)16-32-24(30)22(12-18-8-4-2-5-9-18)28-25(31)33-15-19-10-6-3-7-11-19/h2-11,13-14,17,22H,12,15-16H2,1H3,(H,28,31)/t22-/m0/s1. The van der Waals surface area contributed by atoms with Gasteiger partial charge in [-0.15, -0.1) is 11.3 Å². The van der Waals surface area contributed by atoms with E-state index in [9.17, 15) is 9.59 Å². The minimum Gasteiger partial charge on any atom is -0.458 e. The number of aryl methyl sites for hydroxylation is 1. The van der Waals surface area contributed by atoms with Crippen molar-refractivity contribution >= 4 is 23.4 Å². The molecule has 9 heteroatoms. The SMILES string of the molecule is Cn1cc(-c2nc(COC(=O)[C@H](Cc3ccccc3)NC(=O)OCc3ccccc3)cs2)cn1. The maximum atomic E-state index is 12.9. The van der Waals surface area contributed by atoms with Crippen LogP contribution in [0.5, 0.6) is 0 Å². The number of rotatable bonds is 9. The minimum absolute atomic E-state index is 0.00162. The molecule has 8 nitrogen and oxygen atoms in total. The summed E-state index contributed by atoms with van der Waals surface area (Å²) in [6.07, 6.45) is 3.19. The number of aromatic nitrogens is 3. The zero-order valence-electron chi connectivity index (χ0n) is 18.6. The lowest BCUT2D eigenvalue weighted by atomic mass is 10.1. The van der Waals surface area contributed by atoms with E-state index in [0.29, 0.717) is 5.69 Å². The molecule has 174 valence electrons. The van der Waals surface area contributed by atoms with Crippen molar-refractivity contribution in [3.8, 4) is 10.6 Å². The van der Waals surface area contributed by atoms with E-state index in [2.05, 4.69) is 15.4 Å². The minimum atomic E-state index is -0.901. The molecule has 0 unspecified atom stereocenters. The molecule has 1 amide bonds. The van der Waals surface area contributed by atoms with Crippen LogP contribution >= 0.6 is 11.3 Å². The van der Waals surface area contributed by atoms with Crippen molar-refractivity contribution in [2.45, 2.75) is 25.7 Å². The fraction of sp³-hybridized carbons (Fsp3) is 0.200. The zero-order chi connectivity index (χ0) is 23.8. The molecule has 0 radical (unpaired) electrons. The number of ether oxygens (including phenoxy) is 2. The second-order valence-electron chi connectivity index (χ2n) is 7.60. The molecule has 2 heterocycles. The van der Waals surface area contributed by atoms with Crippen LogP contribution in [0, 0.1) is 0 Å². The normalized spacial score (nSPS) is 11.6. The van der Waals surface area contributed by atoms with Crippen LogP contribution in [0.3, 0.4) is 0 Å². The summed E-state index contributed by atoms with van der Waals surface area (Å²) in [7, 11) is 1.84. The molecule has 0 fully saturated rings. The van der Waals surface area contributed by atoms with Crippen LogP contribution in [-0.4, -0.2) is 32.9 Å². The highest BCUT2D eigenvalue weighted by atomic mass is 32.1. The average molecular weight is 477 g/mol. The third-order valence-corrected chi connectivity index (χ3v) is 5.88. The predicted octanol–water partition coefficient (Wildman–Crippen LogP) is 4.12. The molecular weight excluding hydrogens is 452 g/mol. The molecule has 4 rings (SSSR count). The first-order valence-electron chi connectivity index (χ1n) is 10.7. The Morgan fingerprint density at radius 1 is 1.00 bits per heavy atom. The number of hydrogen-bond acceptors (Lipinski definition) is 7. The van der Waals surface area contributed by atoms with Crippen LogP contribution in [0.1, 0.15) is 16.8 Å². The molecule has 2 aromatic heterocycles. The zero-order valence-corrected chi connectivity index (χ0v) is 19.4. The van der Waals surface area contributed by atoms with Crippen LogP contribution in [0.15, 0.2) is 78.4 Å². The highest BCUT2D eigenvalue weighted by Crippen LogP contribution is 2.23. The number of carbonyl (C=O) groups excluding carboxylic acids is 2. The Balaban J connectivity index is 1.37. The lowest BCUT2D eigenvalue weighted by Gasteiger charge is -2.17. The maximum absolute atomic E-state index is 12.9. The molecule has 2 aromatic carbocycles. The summed E-state index contributed by atoms with van der Waals surface area (Å²) < 4.78 is 12.5. The van der Waals surface area contributed by atoms with Gasteiger partial charge in [-0.2, -0.15) is 5.10 Å². The Hall–Kier alpha value is -3.98. The van der Waals surface area contributed by atoms with Crippen molar-refractivity contribution < 1.29 is 19.1 Å². The topological polar surface area (TPSA) is 95.3 Å². The van der Waals surface area contributed by atoms with Gasteiger partial charge in [0.15, 0.2) is 0 Å². The summed E-state index contributed by atoms with van der Waals surface area (Å²) in [6, 6.07) is 17.8. The second-order valence-corrected chi connectivity index (χ2v) is 8.46. The molecule has 4 aromatic rings. The largest absolute Gasteiger partial charge is 0.458 e. The Kier molecular flexibility index (Phi) is 7.67. The van der Waals surface area contributed by atoms with Gasteiger partial charge in [-0.05, 0) is 11.1 Å². The Morgan fingerprint density at radius 3 is 2.38 bits per heavy atom. The van der Waals surface area contributed by atoms with Crippen LogP contribution < -0.4 is 5.32 Å². The molecule has 34 heavy (non-hydrogen) atoms. The number of alkyl carbamates (subject to hydrolysis) is 1. The smallest absolute Gasteiger partial charge is 0.408 e. The van der Waals surface area contributed by atoms with E-state index >= 15 is 0 Å². The lowest BCUT2D eigenvalue weighted by molar-refractivity contribution is -0.147. The van der Waals surface area contributed by atoms with E-state index in [0.717, 1.165) is 21.7 Å². The Labute approximate surface area is 201 Å². The van der Waals surface area contributed by atoms with Gasteiger partial charge in [0.25, 0.3) is 0 Å². The lowest BCUT2D eigenvalue weighted by Crippen LogP contribution is -2.43. The first-order valence-corrected chi connectivity index (χ1v) is 11.6. The monoisotopic (exact) mass is 476 g/mol. The second kappa shape index (κ2) is 11.2. The van der Waals surface area contributed by atoms with Gasteiger partial charge < -0.3 is 14.8 Å². The van der Waals surface area contributed by atoms with E-state index in [4.69, 9.17) is 9.47 Å². The third-order valence-electron chi connectivity index (χ3n) is 4.94. The molecule has 0 bridgehead atoms. The number of esters is 1. The molecular formula is C25H24N4O4S. The third kappa shape index (κ3) is 6.52. The van der Waals surface area contributed by atoms with E-state index in [1.165, 1.54) is 11.3 Å². The number of carbonyl (C=O) groups is 2. The molecule has 0 spiro atoms. The van der Waals surface area contributed by atoms with Crippen molar-refractivity contribution in [1.29, 1.82) is 0 Å². The van der Waals surface area contributed by atoms with E-state index in [-0.39, 0.29) is 19.6 Å². The van der Waals surface area contributed by atoms with Crippen LogP contribution in [-0.2, 0) is 41.0 Å². The summed E-state index contributed by atoms with van der Waals surface area (Å²) in [5, 5.41) is 9.42. The van der Waals surface area contributed by atoms with Gasteiger partial charge in [0.1, 0.15) is 24.3 Å². The molecule has 0 aliphatic rings. The number of benzene rings is 2. The van der Waals surface area contributed by atoms with Gasteiger partial charge in [-0.3, -0.25) is 4.68 Å². The average Bonchev–Trinajstić information content (AvgIpc) is 3.51. The van der Waals surface area contributed by atoms with Gasteiger partial charge in [0.2, 0.25) is 0 Å². The molecule has 0 aliphatic carbocycles. The van der Waals surface area contributed by atoms with Crippen LogP contribution in [0.2, 0.25) is 0 Å². The summed E-state index contributed by atoms with van der Waals surface area (Å²) >= 11 is 1.45. The first kappa shape index (κ1) is 23.2. The highest BCUT2D eigenvalue weighted by molar-refractivity contribution is 7.13. The first-order chi connectivity index (χ1) is 16.6. The maximum Gasteiger partial charge on any atom is 0.408 e. The van der Waals surface area contributed by atoms with Crippen molar-refractivity contribution in [3.05, 3.63) is 95.3 Å².